The zero-order valence-corrected chi connectivity index (χ0v) is 8.91. The molecule has 0 aliphatic carbocycles. The van der Waals surface area contributed by atoms with E-state index in [1.165, 1.54) is 0 Å². The normalized spacial score (nSPS) is 12.2. The zero-order valence-electron chi connectivity index (χ0n) is 7.28. The molecule has 0 bridgehead atoms. The van der Waals surface area contributed by atoms with E-state index in [2.05, 4.69) is 22.7 Å². The van der Waals surface area contributed by atoms with E-state index in [1.54, 1.807) is 17.5 Å². The maximum absolute atomic E-state index is 5.11. The monoisotopic (exact) mass is 216 g/mol. The van der Waals surface area contributed by atoms with E-state index in [0.717, 1.165) is 11.6 Å². The van der Waals surface area contributed by atoms with Gasteiger partial charge in [0.25, 0.3) is 0 Å². The summed E-state index contributed by atoms with van der Waals surface area (Å²) in [5, 5.41) is 6.51. The first-order valence-electron chi connectivity index (χ1n) is 3.88. The van der Waals surface area contributed by atoms with Crippen LogP contribution in [0.15, 0.2) is 11.6 Å². The Morgan fingerprint density at radius 2 is 2.62 bits per heavy atom. The van der Waals surface area contributed by atoms with Gasteiger partial charge < -0.3 is 10.7 Å². The number of hydrazine groups is 1. The Morgan fingerprint density at radius 1 is 1.85 bits per heavy atom. The van der Waals surface area contributed by atoms with E-state index in [4.69, 9.17) is 18.1 Å². The SMILES string of the molecule is CC(CNC(=S)NN)c1nccs1. The minimum atomic E-state index is 0.353. The molecule has 1 aromatic rings. The molecule has 0 fully saturated rings. The summed E-state index contributed by atoms with van der Waals surface area (Å²) in [4.78, 5) is 4.20. The number of hydrogen-bond acceptors (Lipinski definition) is 4. The summed E-state index contributed by atoms with van der Waals surface area (Å²) in [6.07, 6.45) is 1.80. The maximum atomic E-state index is 5.11. The number of rotatable bonds is 3. The zero-order chi connectivity index (χ0) is 9.68. The Bertz CT molecular complexity index is 259. The van der Waals surface area contributed by atoms with Crippen molar-refractivity contribution in [3.63, 3.8) is 0 Å². The molecule has 1 rings (SSSR count). The second-order valence-electron chi connectivity index (χ2n) is 2.63. The lowest BCUT2D eigenvalue weighted by atomic mass is 10.2. The number of aromatic nitrogens is 1. The van der Waals surface area contributed by atoms with Crippen LogP contribution in [0.3, 0.4) is 0 Å². The molecule has 1 aromatic heterocycles. The van der Waals surface area contributed by atoms with E-state index in [-0.39, 0.29) is 0 Å². The number of thiazole rings is 1. The molecular weight excluding hydrogens is 204 g/mol. The molecule has 4 N–H and O–H groups in total. The van der Waals surface area contributed by atoms with Crippen molar-refractivity contribution in [2.75, 3.05) is 6.54 Å². The maximum Gasteiger partial charge on any atom is 0.180 e. The van der Waals surface area contributed by atoms with Gasteiger partial charge in [-0.1, -0.05) is 6.92 Å². The highest BCUT2D eigenvalue weighted by atomic mass is 32.1. The van der Waals surface area contributed by atoms with E-state index in [9.17, 15) is 0 Å². The molecule has 72 valence electrons. The molecular formula is C7H12N4S2. The fourth-order valence-corrected chi connectivity index (χ4v) is 1.64. The van der Waals surface area contributed by atoms with Crippen LogP contribution in [0.5, 0.6) is 0 Å². The van der Waals surface area contributed by atoms with Gasteiger partial charge in [-0.05, 0) is 12.2 Å². The third-order valence-electron chi connectivity index (χ3n) is 1.57. The van der Waals surface area contributed by atoms with Crippen LogP contribution in [0.4, 0.5) is 0 Å². The fourth-order valence-electron chi connectivity index (χ4n) is 0.862. The van der Waals surface area contributed by atoms with Crippen LogP contribution < -0.4 is 16.6 Å². The summed E-state index contributed by atoms with van der Waals surface area (Å²) in [5.74, 6) is 5.46. The Balaban J connectivity index is 2.34. The predicted molar refractivity (Wildman–Crippen MR) is 58.5 cm³/mol. The van der Waals surface area contributed by atoms with Crippen LogP contribution in [0, 0.1) is 0 Å². The van der Waals surface area contributed by atoms with Gasteiger partial charge in [-0.25, -0.2) is 10.8 Å². The van der Waals surface area contributed by atoms with Crippen LogP contribution >= 0.6 is 23.6 Å². The summed E-state index contributed by atoms with van der Waals surface area (Å²) in [6.45, 7) is 2.83. The van der Waals surface area contributed by atoms with Crippen LogP contribution in [0.1, 0.15) is 17.8 Å². The average Bonchev–Trinajstić information content (AvgIpc) is 2.66. The van der Waals surface area contributed by atoms with Gasteiger partial charge in [0.1, 0.15) is 0 Å². The Hall–Kier alpha value is -0.720. The lowest BCUT2D eigenvalue weighted by Crippen LogP contribution is -2.41. The highest BCUT2D eigenvalue weighted by molar-refractivity contribution is 7.80. The Labute approximate surface area is 86.5 Å². The second kappa shape index (κ2) is 5.11. The summed E-state index contributed by atoms with van der Waals surface area (Å²) in [5.41, 5.74) is 2.37. The van der Waals surface area contributed by atoms with Gasteiger partial charge in [-0.2, -0.15) is 0 Å². The fraction of sp³-hybridized carbons (Fsp3) is 0.429. The number of hydrogen-bond donors (Lipinski definition) is 3. The predicted octanol–water partition coefficient (Wildman–Crippen LogP) is 0.584. The smallest absolute Gasteiger partial charge is 0.180 e. The minimum absolute atomic E-state index is 0.353. The van der Waals surface area contributed by atoms with Gasteiger partial charge in [0.05, 0.1) is 5.01 Å². The van der Waals surface area contributed by atoms with Crippen molar-refractivity contribution in [3.8, 4) is 0 Å². The number of nitrogens with zero attached hydrogens (tertiary/aromatic N) is 1. The second-order valence-corrected chi connectivity index (χ2v) is 3.96. The van der Waals surface area contributed by atoms with Gasteiger partial charge in [0.15, 0.2) is 5.11 Å². The Morgan fingerprint density at radius 3 is 3.15 bits per heavy atom. The highest BCUT2D eigenvalue weighted by Gasteiger charge is 2.07. The molecule has 6 heteroatoms. The first-order chi connectivity index (χ1) is 6.24. The van der Waals surface area contributed by atoms with E-state index in [0.29, 0.717) is 11.0 Å². The number of thiocarbonyl (C=S) groups is 1. The van der Waals surface area contributed by atoms with Crippen molar-refractivity contribution < 1.29 is 0 Å². The first kappa shape index (κ1) is 10.4. The highest BCUT2D eigenvalue weighted by Crippen LogP contribution is 2.15. The molecule has 0 saturated heterocycles. The molecule has 0 saturated carbocycles. The molecule has 1 atom stereocenters. The molecule has 0 radical (unpaired) electrons. The van der Waals surface area contributed by atoms with E-state index >= 15 is 0 Å². The van der Waals surface area contributed by atoms with Gasteiger partial charge in [0.2, 0.25) is 0 Å². The van der Waals surface area contributed by atoms with Crippen molar-refractivity contribution in [2.45, 2.75) is 12.8 Å². The standard InChI is InChI=1S/C7H12N4S2/c1-5(4-10-7(12)11-8)6-9-2-3-13-6/h2-3,5H,4,8H2,1H3,(H2,10,11,12). The Kier molecular flexibility index (Phi) is 4.07. The molecule has 4 nitrogen and oxygen atoms in total. The third kappa shape index (κ3) is 3.25. The van der Waals surface area contributed by atoms with Crippen molar-refractivity contribution in [3.05, 3.63) is 16.6 Å². The van der Waals surface area contributed by atoms with Gasteiger partial charge in [0, 0.05) is 24.0 Å². The molecule has 13 heavy (non-hydrogen) atoms. The molecule has 0 spiro atoms. The molecule has 0 amide bonds. The van der Waals surface area contributed by atoms with Crippen molar-refractivity contribution in [2.24, 2.45) is 5.84 Å². The summed E-state index contributed by atoms with van der Waals surface area (Å²) >= 11 is 6.48. The summed E-state index contributed by atoms with van der Waals surface area (Å²) in [6, 6.07) is 0. The van der Waals surface area contributed by atoms with Crippen molar-refractivity contribution in [1.82, 2.24) is 15.7 Å². The van der Waals surface area contributed by atoms with E-state index in [1.807, 2.05) is 5.38 Å². The average molecular weight is 216 g/mol. The molecule has 0 aromatic carbocycles. The minimum Gasteiger partial charge on any atom is -0.361 e. The van der Waals surface area contributed by atoms with Crippen molar-refractivity contribution in [1.29, 1.82) is 0 Å². The third-order valence-corrected chi connectivity index (χ3v) is 2.84. The quantitative estimate of drug-likeness (QED) is 0.392. The molecule has 0 aliphatic heterocycles. The molecule has 0 aliphatic rings. The lowest BCUT2D eigenvalue weighted by Gasteiger charge is -2.10. The summed E-state index contributed by atoms with van der Waals surface area (Å²) in [7, 11) is 0. The van der Waals surface area contributed by atoms with E-state index < -0.39 is 0 Å². The number of nitrogens with one attached hydrogen (secondary N) is 2. The van der Waals surface area contributed by atoms with Crippen LogP contribution in [0.2, 0.25) is 0 Å². The van der Waals surface area contributed by atoms with Gasteiger partial charge >= 0.3 is 0 Å². The van der Waals surface area contributed by atoms with Gasteiger partial charge in [-0.3, -0.25) is 0 Å². The molecule has 1 heterocycles. The molecule has 1 unspecified atom stereocenters. The van der Waals surface area contributed by atoms with Gasteiger partial charge in [-0.15, -0.1) is 11.3 Å². The summed E-state index contributed by atoms with van der Waals surface area (Å²) < 4.78 is 0. The van der Waals surface area contributed by atoms with Crippen LogP contribution in [0.25, 0.3) is 0 Å². The lowest BCUT2D eigenvalue weighted by molar-refractivity contribution is 0.706. The number of nitrogens with two attached hydrogens (primary N) is 1. The van der Waals surface area contributed by atoms with Crippen molar-refractivity contribution >= 4 is 28.7 Å². The van der Waals surface area contributed by atoms with Crippen LogP contribution in [-0.4, -0.2) is 16.6 Å². The largest absolute Gasteiger partial charge is 0.361 e. The first-order valence-corrected chi connectivity index (χ1v) is 5.16. The topological polar surface area (TPSA) is 63.0 Å². The van der Waals surface area contributed by atoms with Crippen LogP contribution in [-0.2, 0) is 0 Å².